The molecule has 4 N–H and O–H groups in total. The molecule has 0 saturated heterocycles. The molecule has 0 atom stereocenters. The smallest absolute Gasteiger partial charge is 0.261 e. The van der Waals surface area contributed by atoms with Gasteiger partial charge >= 0.3 is 0 Å². The number of aromatic nitrogens is 2. The van der Waals surface area contributed by atoms with Crippen LogP contribution >= 0.6 is 11.6 Å². The van der Waals surface area contributed by atoms with Crippen LogP contribution in [0.1, 0.15) is 27.2 Å². The third kappa shape index (κ3) is 5.28. The molecule has 0 unspecified atom stereocenters. The number of halogens is 1. The monoisotopic (exact) mass is 473 g/mol. The Morgan fingerprint density at radius 3 is 2.50 bits per heavy atom. The number of carbonyl (C=O) groups is 2. The lowest BCUT2D eigenvalue weighted by Gasteiger charge is -2.13. The van der Waals surface area contributed by atoms with Crippen molar-refractivity contribution >= 4 is 44.8 Å². The number of aryl methyl sites for hydroxylation is 2. The number of amides is 1. The summed E-state index contributed by atoms with van der Waals surface area (Å²) in [5.74, 6) is -0.948. The number of nitrogens with zero attached hydrogens (tertiary/aromatic N) is 2. The first-order valence-corrected chi connectivity index (χ1v) is 11.2. The van der Waals surface area contributed by atoms with Crippen LogP contribution in [0.15, 0.2) is 53.7 Å². The van der Waals surface area contributed by atoms with Crippen LogP contribution in [0.2, 0.25) is 5.02 Å². The van der Waals surface area contributed by atoms with Crippen molar-refractivity contribution in [3.8, 4) is 0 Å². The summed E-state index contributed by atoms with van der Waals surface area (Å²) in [6, 6.07) is 8.76. The predicted octanol–water partition coefficient (Wildman–Crippen LogP) is 2.68. The molecule has 0 radical (unpaired) electrons. The highest BCUT2D eigenvalue weighted by Crippen LogP contribution is 2.25. The average Bonchev–Trinajstić information content (AvgIpc) is 2.75. The molecule has 3 rings (SSSR count). The summed E-state index contributed by atoms with van der Waals surface area (Å²) in [5, 5.41) is 2.59. The zero-order valence-corrected chi connectivity index (χ0v) is 18.8. The van der Waals surface area contributed by atoms with Crippen LogP contribution in [0.4, 0.5) is 11.5 Å². The second-order valence-electron chi connectivity index (χ2n) is 6.91. The molecule has 166 valence electrons. The molecular weight excluding hydrogens is 454 g/mol. The van der Waals surface area contributed by atoms with Gasteiger partial charge in [-0.1, -0.05) is 17.7 Å². The van der Waals surface area contributed by atoms with E-state index in [2.05, 4.69) is 20.0 Å². The maximum absolute atomic E-state index is 13.1. The molecule has 2 aromatic heterocycles. The van der Waals surface area contributed by atoms with E-state index in [0.717, 1.165) is 11.1 Å². The number of pyridine rings is 2. The van der Waals surface area contributed by atoms with Crippen LogP contribution in [0, 0.1) is 13.8 Å². The zero-order chi connectivity index (χ0) is 23.5. The number of hydrogen-bond acceptors (Lipinski definition) is 7. The summed E-state index contributed by atoms with van der Waals surface area (Å²) in [6.07, 6.45) is 2.56. The highest BCUT2D eigenvalue weighted by atomic mass is 35.5. The predicted molar refractivity (Wildman–Crippen MR) is 121 cm³/mol. The van der Waals surface area contributed by atoms with Gasteiger partial charge in [0.1, 0.15) is 11.5 Å². The summed E-state index contributed by atoms with van der Waals surface area (Å²) in [5.41, 5.74) is 6.91. The molecule has 32 heavy (non-hydrogen) atoms. The number of sulfonamides is 1. The molecule has 0 saturated carbocycles. The maximum atomic E-state index is 13.1. The van der Waals surface area contributed by atoms with E-state index in [0.29, 0.717) is 0 Å². The van der Waals surface area contributed by atoms with E-state index in [1.807, 2.05) is 6.92 Å². The van der Waals surface area contributed by atoms with Gasteiger partial charge in [-0.3, -0.25) is 14.3 Å². The molecule has 3 aromatic rings. The number of hydrogen-bond donors (Lipinski definition) is 3. The van der Waals surface area contributed by atoms with Crippen molar-refractivity contribution in [3.63, 3.8) is 0 Å². The van der Waals surface area contributed by atoms with Crippen molar-refractivity contribution < 1.29 is 18.0 Å². The Labute approximate surface area is 190 Å². The number of carbonyl (C=O) groups excluding carboxylic acids is 2. The number of anilines is 2. The lowest BCUT2D eigenvalue weighted by molar-refractivity contribution is -0.114. The Morgan fingerprint density at radius 1 is 1.06 bits per heavy atom. The van der Waals surface area contributed by atoms with Gasteiger partial charge in [0.2, 0.25) is 11.7 Å². The van der Waals surface area contributed by atoms with Crippen molar-refractivity contribution in [3.05, 3.63) is 76.2 Å². The Balaban J connectivity index is 1.98. The SMILES string of the molecule is Cc1ccc(S(=O)(=O)Nc2cc(Cl)cnc2C(=O)c2ccnc(NC(=O)CN)c2)cc1C. The Kier molecular flexibility index (Phi) is 6.87. The van der Waals surface area contributed by atoms with Gasteiger partial charge in [-0.25, -0.2) is 18.4 Å². The summed E-state index contributed by atoms with van der Waals surface area (Å²) in [4.78, 5) is 32.6. The van der Waals surface area contributed by atoms with Gasteiger partial charge in [-0.15, -0.1) is 0 Å². The highest BCUT2D eigenvalue weighted by Gasteiger charge is 2.22. The molecule has 11 heteroatoms. The first-order chi connectivity index (χ1) is 15.1. The van der Waals surface area contributed by atoms with Crippen molar-refractivity contribution in [2.75, 3.05) is 16.6 Å². The minimum Gasteiger partial charge on any atom is -0.322 e. The minimum atomic E-state index is -4.02. The summed E-state index contributed by atoms with van der Waals surface area (Å²) in [7, 11) is -4.02. The number of ketones is 1. The Hall–Kier alpha value is -3.34. The lowest BCUT2D eigenvalue weighted by Crippen LogP contribution is -2.22. The molecule has 0 spiro atoms. The molecule has 0 aliphatic rings. The van der Waals surface area contributed by atoms with Gasteiger partial charge in [0.05, 0.1) is 22.2 Å². The van der Waals surface area contributed by atoms with Crippen LogP contribution < -0.4 is 15.8 Å². The normalized spacial score (nSPS) is 11.1. The third-order valence-corrected chi connectivity index (χ3v) is 6.15. The van der Waals surface area contributed by atoms with Crippen molar-refractivity contribution in [1.82, 2.24) is 9.97 Å². The van der Waals surface area contributed by atoms with Crippen LogP contribution in [0.5, 0.6) is 0 Å². The first-order valence-electron chi connectivity index (χ1n) is 9.37. The van der Waals surface area contributed by atoms with E-state index >= 15 is 0 Å². The number of nitrogens with two attached hydrogens (primary N) is 1. The van der Waals surface area contributed by atoms with Gasteiger partial charge < -0.3 is 11.1 Å². The van der Waals surface area contributed by atoms with E-state index in [1.165, 1.54) is 42.7 Å². The van der Waals surface area contributed by atoms with Crippen molar-refractivity contribution in [1.29, 1.82) is 0 Å². The number of rotatable bonds is 7. The van der Waals surface area contributed by atoms with Gasteiger partial charge in [-0.2, -0.15) is 0 Å². The van der Waals surface area contributed by atoms with Crippen LogP contribution in [0.25, 0.3) is 0 Å². The van der Waals surface area contributed by atoms with E-state index in [-0.39, 0.29) is 39.2 Å². The van der Waals surface area contributed by atoms with Crippen molar-refractivity contribution in [2.24, 2.45) is 5.73 Å². The Bertz CT molecular complexity index is 1310. The highest BCUT2D eigenvalue weighted by molar-refractivity contribution is 7.92. The largest absolute Gasteiger partial charge is 0.322 e. The second kappa shape index (κ2) is 9.43. The summed E-state index contributed by atoms with van der Waals surface area (Å²) < 4.78 is 28.3. The van der Waals surface area contributed by atoms with E-state index in [9.17, 15) is 18.0 Å². The molecule has 1 amide bonds. The summed E-state index contributed by atoms with van der Waals surface area (Å²) in [6.45, 7) is 3.42. The minimum absolute atomic E-state index is 0.0367. The standard InChI is InChI=1S/C21H20ClN5O4S/c1-12-3-4-16(7-13(12)2)32(30,31)27-17-9-15(22)11-25-20(17)21(29)14-5-6-24-18(8-14)26-19(28)10-23/h3-9,11,27H,10,23H2,1-2H3,(H,24,26,28). The van der Waals surface area contributed by atoms with Gasteiger partial charge in [0, 0.05) is 18.0 Å². The van der Waals surface area contributed by atoms with Gasteiger partial charge in [0.25, 0.3) is 10.0 Å². The molecule has 1 aromatic carbocycles. The fourth-order valence-corrected chi connectivity index (χ4v) is 4.05. The number of nitrogens with one attached hydrogen (secondary N) is 2. The molecule has 0 aliphatic carbocycles. The number of benzene rings is 1. The molecule has 2 heterocycles. The van der Waals surface area contributed by atoms with Crippen LogP contribution in [0.3, 0.4) is 0 Å². The fourth-order valence-electron chi connectivity index (χ4n) is 2.75. The van der Waals surface area contributed by atoms with Gasteiger partial charge in [0.15, 0.2) is 0 Å². The second-order valence-corrected chi connectivity index (χ2v) is 9.03. The lowest BCUT2D eigenvalue weighted by atomic mass is 10.1. The van der Waals surface area contributed by atoms with Crippen LogP contribution in [-0.4, -0.2) is 36.6 Å². The van der Waals surface area contributed by atoms with Crippen LogP contribution in [-0.2, 0) is 14.8 Å². The Morgan fingerprint density at radius 2 is 1.81 bits per heavy atom. The van der Waals surface area contributed by atoms with E-state index < -0.39 is 21.7 Å². The molecular formula is C21H20ClN5O4S. The van der Waals surface area contributed by atoms with E-state index in [1.54, 1.807) is 13.0 Å². The topological polar surface area (TPSA) is 144 Å². The molecule has 0 fully saturated rings. The average molecular weight is 474 g/mol. The summed E-state index contributed by atoms with van der Waals surface area (Å²) >= 11 is 6.01. The third-order valence-electron chi connectivity index (χ3n) is 4.58. The van der Waals surface area contributed by atoms with Crippen molar-refractivity contribution in [2.45, 2.75) is 18.7 Å². The van der Waals surface area contributed by atoms with Gasteiger partial charge in [-0.05, 0) is 55.3 Å². The quantitative estimate of drug-likeness (QED) is 0.447. The molecule has 9 nitrogen and oxygen atoms in total. The zero-order valence-electron chi connectivity index (χ0n) is 17.2. The maximum Gasteiger partial charge on any atom is 0.261 e. The van der Waals surface area contributed by atoms with E-state index in [4.69, 9.17) is 17.3 Å². The molecule has 0 bridgehead atoms. The molecule has 0 aliphatic heterocycles. The fraction of sp³-hybridized carbons (Fsp3) is 0.143. The first kappa shape index (κ1) is 23.3.